The standard InChI is InChI=1S/C15H22ClN3O/c1-10-15(16)13(18(2)17-10)9-19-8-4-6-12(19)11-5-3-7-14(11)20/h11-12H,3-9H2,1-2H3. The normalized spacial score (nSPS) is 27.6. The van der Waals surface area contributed by atoms with Crippen molar-refractivity contribution in [2.45, 2.75) is 51.6 Å². The van der Waals surface area contributed by atoms with Crippen molar-refractivity contribution in [3.63, 3.8) is 0 Å². The van der Waals surface area contributed by atoms with Crippen molar-refractivity contribution >= 4 is 17.4 Å². The summed E-state index contributed by atoms with van der Waals surface area (Å²) in [6.07, 6.45) is 5.24. The molecule has 2 unspecified atom stereocenters. The number of aromatic nitrogens is 2. The van der Waals surface area contributed by atoms with Gasteiger partial charge in [-0.15, -0.1) is 0 Å². The second kappa shape index (κ2) is 5.49. The van der Waals surface area contributed by atoms with Crippen LogP contribution in [0.3, 0.4) is 0 Å². The molecule has 1 aromatic rings. The Bertz CT molecular complexity index is 525. The Kier molecular flexibility index (Phi) is 3.87. The minimum atomic E-state index is 0.255. The van der Waals surface area contributed by atoms with Gasteiger partial charge in [0.25, 0.3) is 0 Å². The van der Waals surface area contributed by atoms with Crippen molar-refractivity contribution in [2.24, 2.45) is 13.0 Å². The van der Waals surface area contributed by atoms with Gasteiger partial charge in [0.05, 0.1) is 16.4 Å². The zero-order valence-corrected chi connectivity index (χ0v) is 13.0. The summed E-state index contributed by atoms with van der Waals surface area (Å²) in [4.78, 5) is 14.5. The third-order valence-corrected chi connectivity index (χ3v) is 5.34. The second-order valence-corrected chi connectivity index (χ2v) is 6.49. The number of ketones is 1. The van der Waals surface area contributed by atoms with Crippen molar-refractivity contribution in [3.05, 3.63) is 16.4 Å². The van der Waals surface area contributed by atoms with E-state index < -0.39 is 0 Å². The molecule has 0 aromatic carbocycles. The predicted molar refractivity (Wildman–Crippen MR) is 78.7 cm³/mol. The molecule has 0 amide bonds. The molecule has 1 aliphatic carbocycles. The van der Waals surface area contributed by atoms with Crippen LogP contribution < -0.4 is 0 Å². The summed E-state index contributed by atoms with van der Waals surface area (Å²) >= 11 is 6.35. The van der Waals surface area contributed by atoms with Gasteiger partial charge >= 0.3 is 0 Å². The molecule has 0 spiro atoms. The molecule has 2 heterocycles. The summed E-state index contributed by atoms with van der Waals surface area (Å²) in [6, 6.07) is 0.413. The van der Waals surface area contributed by atoms with Crippen molar-refractivity contribution in [1.82, 2.24) is 14.7 Å². The van der Waals surface area contributed by atoms with Gasteiger partial charge in [-0.25, -0.2) is 0 Å². The van der Waals surface area contributed by atoms with Crippen molar-refractivity contribution in [3.8, 4) is 0 Å². The van der Waals surface area contributed by atoms with Gasteiger partial charge in [0.15, 0.2) is 0 Å². The molecular formula is C15H22ClN3O. The molecule has 110 valence electrons. The fraction of sp³-hybridized carbons (Fsp3) is 0.733. The Labute approximate surface area is 125 Å². The van der Waals surface area contributed by atoms with E-state index in [0.717, 1.165) is 55.2 Å². The molecule has 4 nitrogen and oxygen atoms in total. The highest BCUT2D eigenvalue weighted by Crippen LogP contribution is 2.34. The van der Waals surface area contributed by atoms with E-state index in [2.05, 4.69) is 10.00 Å². The molecule has 3 rings (SSSR count). The SMILES string of the molecule is Cc1nn(C)c(CN2CCCC2C2CCCC2=O)c1Cl. The highest BCUT2D eigenvalue weighted by molar-refractivity contribution is 6.31. The molecule has 0 N–H and O–H groups in total. The third-order valence-electron chi connectivity index (χ3n) is 4.85. The van der Waals surface area contributed by atoms with Crippen molar-refractivity contribution in [1.29, 1.82) is 0 Å². The molecule has 1 aromatic heterocycles. The van der Waals surface area contributed by atoms with Gasteiger partial charge in [0.2, 0.25) is 0 Å². The molecule has 0 bridgehead atoms. The van der Waals surface area contributed by atoms with Gasteiger partial charge in [0, 0.05) is 32.0 Å². The van der Waals surface area contributed by atoms with Crippen molar-refractivity contribution in [2.75, 3.05) is 6.54 Å². The summed E-state index contributed by atoms with van der Waals surface area (Å²) in [5.41, 5.74) is 1.96. The van der Waals surface area contributed by atoms with Crippen LogP contribution in [0.1, 0.15) is 43.5 Å². The Morgan fingerprint density at radius 2 is 2.15 bits per heavy atom. The van der Waals surface area contributed by atoms with Crippen LogP contribution in [-0.4, -0.2) is 33.1 Å². The van der Waals surface area contributed by atoms with Gasteiger partial charge in [-0.05, 0) is 39.2 Å². The Morgan fingerprint density at radius 1 is 1.35 bits per heavy atom. The van der Waals surface area contributed by atoms with E-state index in [4.69, 9.17) is 11.6 Å². The number of nitrogens with zero attached hydrogens (tertiary/aromatic N) is 3. The van der Waals surface area contributed by atoms with E-state index in [9.17, 15) is 4.79 Å². The average Bonchev–Trinajstić information content (AvgIpc) is 3.07. The van der Waals surface area contributed by atoms with Gasteiger partial charge in [-0.2, -0.15) is 5.10 Å². The number of likely N-dealkylation sites (tertiary alicyclic amines) is 1. The first-order valence-electron chi connectivity index (χ1n) is 7.52. The molecule has 2 fully saturated rings. The summed E-state index contributed by atoms with van der Waals surface area (Å²) in [7, 11) is 1.94. The molecule has 1 saturated carbocycles. The van der Waals surface area contributed by atoms with Crippen LogP contribution in [-0.2, 0) is 18.4 Å². The molecule has 1 saturated heterocycles. The molecule has 2 aliphatic rings. The van der Waals surface area contributed by atoms with Crippen LogP contribution in [0.4, 0.5) is 0 Å². The number of aryl methyl sites for hydroxylation is 2. The largest absolute Gasteiger partial charge is 0.299 e. The van der Waals surface area contributed by atoms with E-state index in [1.54, 1.807) is 0 Å². The third kappa shape index (κ3) is 2.40. The fourth-order valence-corrected chi connectivity index (χ4v) is 4.02. The van der Waals surface area contributed by atoms with Gasteiger partial charge in [0.1, 0.15) is 5.78 Å². The highest BCUT2D eigenvalue weighted by atomic mass is 35.5. The first-order chi connectivity index (χ1) is 9.58. The Balaban J connectivity index is 1.77. The average molecular weight is 296 g/mol. The quantitative estimate of drug-likeness (QED) is 0.860. The second-order valence-electron chi connectivity index (χ2n) is 6.11. The number of halogens is 1. The number of carbonyl (C=O) groups excluding carboxylic acids is 1. The lowest BCUT2D eigenvalue weighted by atomic mass is 9.95. The molecule has 5 heteroatoms. The maximum Gasteiger partial charge on any atom is 0.137 e. The van der Waals surface area contributed by atoms with E-state index in [0.29, 0.717) is 11.8 Å². The Morgan fingerprint density at radius 3 is 2.75 bits per heavy atom. The fourth-order valence-electron chi connectivity index (χ4n) is 3.80. The van der Waals surface area contributed by atoms with Crippen LogP contribution in [0.2, 0.25) is 5.02 Å². The highest BCUT2D eigenvalue weighted by Gasteiger charge is 2.38. The van der Waals surface area contributed by atoms with Crippen LogP contribution >= 0.6 is 11.6 Å². The monoisotopic (exact) mass is 295 g/mol. The van der Waals surface area contributed by atoms with Crippen LogP contribution in [0.15, 0.2) is 0 Å². The zero-order chi connectivity index (χ0) is 14.3. The minimum absolute atomic E-state index is 0.255. The van der Waals surface area contributed by atoms with E-state index in [1.165, 1.54) is 6.42 Å². The van der Waals surface area contributed by atoms with Crippen LogP contribution in [0.25, 0.3) is 0 Å². The zero-order valence-electron chi connectivity index (χ0n) is 12.2. The van der Waals surface area contributed by atoms with E-state index in [-0.39, 0.29) is 5.92 Å². The number of hydrogen-bond acceptors (Lipinski definition) is 3. The van der Waals surface area contributed by atoms with E-state index >= 15 is 0 Å². The first kappa shape index (κ1) is 14.1. The lowest BCUT2D eigenvalue weighted by Gasteiger charge is -2.28. The predicted octanol–water partition coefficient (Wildman–Crippen LogP) is 2.72. The molecule has 0 radical (unpaired) electrons. The molecular weight excluding hydrogens is 274 g/mol. The van der Waals surface area contributed by atoms with Gasteiger partial charge in [-0.1, -0.05) is 11.6 Å². The lowest BCUT2D eigenvalue weighted by molar-refractivity contribution is -0.122. The number of rotatable bonds is 3. The van der Waals surface area contributed by atoms with E-state index in [1.807, 2.05) is 18.7 Å². The van der Waals surface area contributed by atoms with Gasteiger partial charge < -0.3 is 0 Å². The molecule has 1 aliphatic heterocycles. The minimum Gasteiger partial charge on any atom is -0.299 e. The van der Waals surface area contributed by atoms with Crippen LogP contribution in [0.5, 0.6) is 0 Å². The first-order valence-corrected chi connectivity index (χ1v) is 7.90. The summed E-state index contributed by atoms with van der Waals surface area (Å²) < 4.78 is 1.88. The smallest absolute Gasteiger partial charge is 0.137 e. The number of carbonyl (C=O) groups is 1. The topological polar surface area (TPSA) is 38.1 Å². The summed E-state index contributed by atoms with van der Waals surface area (Å²) in [5, 5.41) is 5.16. The molecule has 2 atom stereocenters. The lowest BCUT2D eigenvalue weighted by Crippen LogP contribution is -2.37. The maximum absolute atomic E-state index is 12.0. The molecule has 20 heavy (non-hydrogen) atoms. The number of hydrogen-bond donors (Lipinski definition) is 0. The maximum atomic E-state index is 12.0. The van der Waals surface area contributed by atoms with Crippen LogP contribution in [0, 0.1) is 12.8 Å². The number of Topliss-reactive ketones (excluding diaryl/α,β-unsaturated/α-hetero) is 1. The Hall–Kier alpha value is -0.870. The summed E-state index contributed by atoms with van der Waals surface area (Å²) in [5.74, 6) is 0.722. The van der Waals surface area contributed by atoms with Gasteiger partial charge in [-0.3, -0.25) is 14.4 Å². The van der Waals surface area contributed by atoms with Crippen molar-refractivity contribution < 1.29 is 4.79 Å². The summed E-state index contributed by atoms with van der Waals surface area (Å²) in [6.45, 7) is 3.81.